The Bertz CT molecular complexity index is 1560. The van der Waals surface area contributed by atoms with Crippen LogP contribution in [-0.2, 0) is 33.4 Å². The zero-order valence-electron chi connectivity index (χ0n) is 22.9. The van der Waals surface area contributed by atoms with Crippen molar-refractivity contribution in [3.8, 4) is 0 Å². The molecule has 2 aromatic heterocycles. The number of aromatic nitrogens is 4. The van der Waals surface area contributed by atoms with Gasteiger partial charge in [0.25, 0.3) is 0 Å². The number of aryl methyl sites for hydroxylation is 2. The Hall–Kier alpha value is -2.64. The van der Waals surface area contributed by atoms with Crippen molar-refractivity contribution in [1.29, 1.82) is 0 Å². The molecule has 0 amide bonds. The molecule has 6 nitrogen and oxygen atoms in total. The molecule has 10 heteroatoms. The fraction of sp³-hybridized carbons (Fsp3) is 0.333. The minimum absolute atomic E-state index is 0.642. The highest BCUT2D eigenvalue weighted by molar-refractivity contribution is 6.37. The lowest BCUT2D eigenvalue weighted by molar-refractivity contribution is 0.715. The lowest BCUT2D eigenvalue weighted by Gasteiger charge is -2.28. The van der Waals surface area contributed by atoms with Crippen molar-refractivity contribution >= 4 is 75.5 Å². The third-order valence-electron chi connectivity index (χ3n) is 7.48. The number of fused-ring (bicyclic) bond motifs is 2. The zero-order chi connectivity index (χ0) is 28.6. The van der Waals surface area contributed by atoms with Gasteiger partial charge in [0, 0.05) is 54.1 Å². The molecule has 0 saturated carbocycles. The van der Waals surface area contributed by atoms with Crippen LogP contribution in [0.25, 0.3) is 6.08 Å². The van der Waals surface area contributed by atoms with Crippen molar-refractivity contribution < 1.29 is 0 Å². The van der Waals surface area contributed by atoms with Crippen molar-refractivity contribution in [3.05, 3.63) is 85.6 Å². The van der Waals surface area contributed by atoms with Crippen LogP contribution in [0.2, 0.25) is 20.1 Å². The SMILES string of the molecule is C=Cc1c2c(nn1C)N(c1ccc(Cl)cc1Cl)CCC2.CCc1c2c(nn1C)N(c1ccc(Cl)cc1Cl)CCC2. The summed E-state index contributed by atoms with van der Waals surface area (Å²) in [6.07, 6.45) is 7.16. The van der Waals surface area contributed by atoms with Gasteiger partial charge in [-0.05, 0) is 74.6 Å². The smallest absolute Gasteiger partial charge is 0.158 e. The van der Waals surface area contributed by atoms with Gasteiger partial charge in [0.05, 0.1) is 27.1 Å². The molecule has 2 aromatic carbocycles. The van der Waals surface area contributed by atoms with Crippen molar-refractivity contribution in [2.45, 2.75) is 39.0 Å². The van der Waals surface area contributed by atoms with Gasteiger partial charge in [-0.2, -0.15) is 10.2 Å². The van der Waals surface area contributed by atoms with Crippen LogP contribution >= 0.6 is 46.4 Å². The molecule has 6 rings (SSSR count). The molecule has 210 valence electrons. The molecule has 4 heterocycles. The van der Waals surface area contributed by atoms with E-state index in [0.29, 0.717) is 20.1 Å². The fourth-order valence-electron chi connectivity index (χ4n) is 5.69. The summed E-state index contributed by atoms with van der Waals surface area (Å²) in [4.78, 5) is 4.36. The Morgan fingerprint density at radius 1 is 0.775 bits per heavy atom. The van der Waals surface area contributed by atoms with Crippen LogP contribution in [-0.4, -0.2) is 32.7 Å². The first-order valence-corrected chi connectivity index (χ1v) is 14.9. The fourth-order valence-corrected chi connectivity index (χ4v) is 6.71. The van der Waals surface area contributed by atoms with Crippen LogP contribution in [0.4, 0.5) is 23.0 Å². The highest BCUT2D eigenvalue weighted by Gasteiger charge is 2.27. The summed E-state index contributed by atoms with van der Waals surface area (Å²) in [6.45, 7) is 7.89. The standard InChI is InChI=1S/C15H17Cl2N3.C15H15Cl2N3/c2*1-3-13-11-5-4-8-20(15(11)18-19(13)2)14-7-6-10(16)9-12(14)17/h6-7,9H,3-5,8H2,1-2H3;3,6-7,9H,1,4-5,8H2,2H3. The highest BCUT2D eigenvalue weighted by atomic mass is 35.5. The van der Waals surface area contributed by atoms with Gasteiger partial charge in [-0.3, -0.25) is 9.36 Å². The predicted octanol–water partition coefficient (Wildman–Crippen LogP) is 8.83. The topological polar surface area (TPSA) is 42.1 Å². The molecule has 2 aliphatic rings. The van der Waals surface area contributed by atoms with E-state index in [1.165, 1.54) is 16.8 Å². The summed E-state index contributed by atoms with van der Waals surface area (Å²) >= 11 is 24.6. The van der Waals surface area contributed by atoms with E-state index in [2.05, 4.69) is 28.4 Å². The first kappa shape index (κ1) is 28.9. The molecule has 0 unspecified atom stereocenters. The summed E-state index contributed by atoms with van der Waals surface area (Å²) in [5.41, 5.74) is 6.92. The minimum atomic E-state index is 0.642. The molecule has 0 fully saturated rings. The molecule has 0 aliphatic carbocycles. The van der Waals surface area contributed by atoms with Crippen molar-refractivity contribution in [1.82, 2.24) is 19.6 Å². The lowest BCUT2D eigenvalue weighted by Crippen LogP contribution is -2.25. The van der Waals surface area contributed by atoms with Crippen molar-refractivity contribution in [3.63, 3.8) is 0 Å². The zero-order valence-corrected chi connectivity index (χ0v) is 25.9. The Labute approximate surface area is 255 Å². The largest absolute Gasteiger partial charge is 0.323 e. The summed E-state index contributed by atoms with van der Waals surface area (Å²) < 4.78 is 3.87. The number of rotatable bonds is 4. The van der Waals surface area contributed by atoms with E-state index in [-0.39, 0.29) is 0 Å². The minimum Gasteiger partial charge on any atom is -0.323 e. The van der Waals surface area contributed by atoms with Gasteiger partial charge < -0.3 is 9.80 Å². The first-order valence-electron chi connectivity index (χ1n) is 13.4. The molecule has 40 heavy (non-hydrogen) atoms. The summed E-state index contributed by atoms with van der Waals surface area (Å²) in [5.74, 6) is 2.01. The third-order valence-corrected chi connectivity index (χ3v) is 8.56. The molecule has 0 spiro atoms. The van der Waals surface area contributed by atoms with Gasteiger partial charge >= 0.3 is 0 Å². The van der Waals surface area contributed by atoms with Gasteiger partial charge in [0.1, 0.15) is 0 Å². The molecule has 0 N–H and O–H groups in total. The van der Waals surface area contributed by atoms with E-state index in [0.717, 1.165) is 73.9 Å². The van der Waals surface area contributed by atoms with E-state index in [1.54, 1.807) is 12.1 Å². The van der Waals surface area contributed by atoms with Crippen molar-refractivity contribution in [2.24, 2.45) is 14.1 Å². The monoisotopic (exact) mass is 616 g/mol. The Morgan fingerprint density at radius 2 is 1.27 bits per heavy atom. The number of hydrogen-bond donors (Lipinski definition) is 0. The maximum atomic E-state index is 6.35. The van der Waals surface area contributed by atoms with E-state index in [9.17, 15) is 0 Å². The second-order valence-corrected chi connectivity index (χ2v) is 11.6. The average molecular weight is 618 g/mol. The van der Waals surface area contributed by atoms with E-state index >= 15 is 0 Å². The number of halogens is 4. The number of nitrogens with zero attached hydrogens (tertiary/aromatic N) is 6. The summed E-state index contributed by atoms with van der Waals surface area (Å²) in [6, 6.07) is 11.2. The maximum absolute atomic E-state index is 6.35. The second-order valence-electron chi connectivity index (χ2n) is 9.94. The van der Waals surface area contributed by atoms with Gasteiger partial charge in [-0.1, -0.05) is 59.9 Å². The van der Waals surface area contributed by atoms with Crippen LogP contribution in [0.1, 0.15) is 42.3 Å². The van der Waals surface area contributed by atoms with Crippen LogP contribution in [0.3, 0.4) is 0 Å². The van der Waals surface area contributed by atoms with Crippen LogP contribution in [0, 0.1) is 0 Å². The number of hydrogen-bond acceptors (Lipinski definition) is 4. The molecule has 2 aliphatic heterocycles. The van der Waals surface area contributed by atoms with Crippen LogP contribution in [0.5, 0.6) is 0 Å². The summed E-state index contributed by atoms with van der Waals surface area (Å²) in [5, 5.41) is 11.9. The van der Waals surface area contributed by atoms with Gasteiger partial charge in [-0.15, -0.1) is 0 Å². The molecular weight excluding hydrogens is 586 g/mol. The number of anilines is 4. The second kappa shape index (κ2) is 12.1. The Balaban J connectivity index is 0.000000161. The molecule has 0 atom stereocenters. The molecule has 0 saturated heterocycles. The molecule has 0 radical (unpaired) electrons. The third kappa shape index (κ3) is 5.47. The number of benzene rings is 2. The Morgan fingerprint density at radius 3 is 1.77 bits per heavy atom. The lowest BCUT2D eigenvalue weighted by atomic mass is 10.0. The van der Waals surface area contributed by atoms with E-state index < -0.39 is 0 Å². The normalized spacial score (nSPS) is 14.4. The predicted molar refractivity (Wildman–Crippen MR) is 169 cm³/mol. The average Bonchev–Trinajstić information content (AvgIpc) is 3.43. The Kier molecular flexibility index (Phi) is 8.72. The van der Waals surface area contributed by atoms with Gasteiger partial charge in [-0.25, -0.2) is 0 Å². The van der Waals surface area contributed by atoms with Gasteiger partial charge in [0.15, 0.2) is 11.6 Å². The van der Waals surface area contributed by atoms with Gasteiger partial charge in [0.2, 0.25) is 0 Å². The quantitative estimate of drug-likeness (QED) is 0.229. The van der Waals surface area contributed by atoms with Crippen LogP contribution in [0.15, 0.2) is 43.0 Å². The van der Waals surface area contributed by atoms with E-state index in [1.807, 2.05) is 53.8 Å². The van der Waals surface area contributed by atoms with Crippen molar-refractivity contribution in [2.75, 3.05) is 22.9 Å². The molecule has 0 bridgehead atoms. The van der Waals surface area contributed by atoms with E-state index in [4.69, 9.17) is 51.5 Å². The highest BCUT2D eigenvalue weighted by Crippen LogP contribution is 2.40. The molecular formula is C30H32Cl4N6. The summed E-state index contributed by atoms with van der Waals surface area (Å²) in [7, 11) is 3.95. The first-order chi connectivity index (χ1) is 19.2. The van der Waals surface area contributed by atoms with Crippen LogP contribution < -0.4 is 9.80 Å². The maximum Gasteiger partial charge on any atom is 0.158 e. The molecule has 4 aromatic rings.